The molecule has 1 rings (SSSR count). The lowest BCUT2D eigenvalue weighted by Gasteiger charge is -1.99. The topological polar surface area (TPSA) is 60.2 Å². The summed E-state index contributed by atoms with van der Waals surface area (Å²) < 4.78 is 11.6. The molecule has 0 radical (unpaired) electrons. The van der Waals surface area contributed by atoms with Crippen LogP contribution in [0, 0.1) is 10.1 Å². The second-order valence-corrected chi connectivity index (χ2v) is 4.79. The molecule has 0 aliphatic carbocycles. The maximum atomic E-state index is 11.6. The van der Waals surface area contributed by atoms with Crippen LogP contribution in [-0.4, -0.2) is 20.8 Å². The quantitative estimate of drug-likeness (QED) is 0.456. The fourth-order valence-electron chi connectivity index (χ4n) is 1.02. The molecule has 0 spiro atoms. The minimum Gasteiger partial charge on any atom is -0.258 e. The van der Waals surface area contributed by atoms with Crippen LogP contribution in [0.3, 0.4) is 0 Å². The Morgan fingerprint density at radius 2 is 1.93 bits per heavy atom. The van der Waals surface area contributed by atoms with Gasteiger partial charge < -0.3 is 0 Å². The lowest BCUT2D eigenvalue weighted by molar-refractivity contribution is -0.384. The Labute approximate surface area is 94.9 Å². The number of alkyl halides is 1. The Bertz CT molecular complexity index is 366. The Morgan fingerprint density at radius 1 is 1.33 bits per heavy atom. The van der Waals surface area contributed by atoms with Gasteiger partial charge >= 0.3 is 0 Å². The number of hydrogen-bond donors (Lipinski definition) is 0. The zero-order valence-electron chi connectivity index (χ0n) is 7.89. The summed E-state index contributed by atoms with van der Waals surface area (Å²) in [6, 6.07) is 5.74. The van der Waals surface area contributed by atoms with E-state index < -0.39 is 15.7 Å². The van der Waals surface area contributed by atoms with Crippen molar-refractivity contribution in [1.82, 2.24) is 0 Å². The molecule has 1 aromatic rings. The number of benzene rings is 1. The van der Waals surface area contributed by atoms with Gasteiger partial charge in [0, 0.05) is 28.7 Å². The van der Waals surface area contributed by atoms with Crippen LogP contribution < -0.4 is 0 Å². The molecule has 0 N–H and O–H groups in total. The standard InChI is InChI=1S/C9H10ClNO3S/c10-6-1-7-15(14)9-4-2-8(3-5-9)11(12)13/h2-5H,1,6-7H2. The lowest BCUT2D eigenvalue weighted by Crippen LogP contribution is -1.99. The first-order valence-corrected chi connectivity index (χ1v) is 6.19. The van der Waals surface area contributed by atoms with Crippen LogP contribution in [0.5, 0.6) is 0 Å². The van der Waals surface area contributed by atoms with Gasteiger partial charge in [0.25, 0.3) is 5.69 Å². The molecule has 0 bridgehead atoms. The summed E-state index contributed by atoms with van der Waals surface area (Å²) in [4.78, 5) is 10.5. The predicted octanol–water partition coefficient (Wildman–Crippen LogP) is 2.33. The maximum Gasteiger partial charge on any atom is 0.269 e. The highest BCUT2D eigenvalue weighted by molar-refractivity contribution is 7.85. The van der Waals surface area contributed by atoms with Gasteiger partial charge in [0.1, 0.15) is 0 Å². The Kier molecular flexibility index (Phi) is 4.71. The predicted molar refractivity (Wildman–Crippen MR) is 59.7 cm³/mol. The molecule has 0 fully saturated rings. The second-order valence-electron chi connectivity index (χ2n) is 2.84. The van der Waals surface area contributed by atoms with Gasteiger partial charge in [-0.1, -0.05) is 0 Å². The van der Waals surface area contributed by atoms with Crippen LogP contribution in [-0.2, 0) is 10.8 Å². The highest BCUT2D eigenvalue weighted by Gasteiger charge is 2.07. The SMILES string of the molecule is O=[N+]([O-])c1ccc(S(=O)CCCCl)cc1. The molecule has 15 heavy (non-hydrogen) atoms. The van der Waals surface area contributed by atoms with Crippen LogP contribution in [0.2, 0.25) is 0 Å². The number of nitrogens with zero attached hydrogens (tertiary/aromatic N) is 1. The summed E-state index contributed by atoms with van der Waals surface area (Å²) >= 11 is 5.48. The van der Waals surface area contributed by atoms with Gasteiger partial charge in [0.15, 0.2) is 0 Å². The fraction of sp³-hybridized carbons (Fsp3) is 0.333. The average Bonchev–Trinajstić information content (AvgIpc) is 2.26. The van der Waals surface area contributed by atoms with Crippen LogP contribution >= 0.6 is 11.6 Å². The highest BCUT2D eigenvalue weighted by atomic mass is 35.5. The van der Waals surface area contributed by atoms with Crippen molar-refractivity contribution in [1.29, 1.82) is 0 Å². The molecule has 0 aliphatic rings. The van der Waals surface area contributed by atoms with E-state index in [4.69, 9.17) is 11.6 Å². The molecule has 1 atom stereocenters. The third kappa shape index (κ3) is 3.60. The number of rotatable bonds is 5. The number of nitro benzene ring substituents is 1. The van der Waals surface area contributed by atoms with E-state index in [1.165, 1.54) is 24.3 Å². The van der Waals surface area contributed by atoms with Gasteiger partial charge in [-0.05, 0) is 18.6 Å². The molecule has 6 heteroatoms. The number of nitro groups is 1. The van der Waals surface area contributed by atoms with E-state index in [-0.39, 0.29) is 5.69 Å². The minimum absolute atomic E-state index is 0.00749. The van der Waals surface area contributed by atoms with Crippen molar-refractivity contribution in [2.45, 2.75) is 11.3 Å². The van der Waals surface area contributed by atoms with E-state index in [0.717, 1.165) is 0 Å². The first-order chi connectivity index (χ1) is 7.15. The molecule has 4 nitrogen and oxygen atoms in total. The van der Waals surface area contributed by atoms with E-state index in [9.17, 15) is 14.3 Å². The molecule has 0 aliphatic heterocycles. The lowest BCUT2D eigenvalue weighted by atomic mass is 10.3. The summed E-state index contributed by atoms with van der Waals surface area (Å²) in [5.74, 6) is 0.958. The number of non-ortho nitro benzene ring substituents is 1. The number of halogens is 1. The van der Waals surface area contributed by atoms with E-state index in [1.54, 1.807) is 0 Å². The molecule has 0 saturated carbocycles. The largest absolute Gasteiger partial charge is 0.269 e. The summed E-state index contributed by atoms with van der Waals surface area (Å²) in [7, 11) is -1.11. The summed E-state index contributed by atoms with van der Waals surface area (Å²) in [5.41, 5.74) is 0.00749. The molecular formula is C9H10ClNO3S. The summed E-state index contributed by atoms with van der Waals surface area (Å²) in [6.45, 7) is 0. The zero-order valence-corrected chi connectivity index (χ0v) is 9.46. The third-order valence-corrected chi connectivity index (χ3v) is 3.50. The monoisotopic (exact) mass is 247 g/mol. The molecule has 1 aromatic carbocycles. The summed E-state index contributed by atoms with van der Waals surface area (Å²) in [6.07, 6.45) is 0.672. The molecule has 0 amide bonds. The van der Waals surface area contributed by atoms with Crippen molar-refractivity contribution >= 4 is 28.1 Å². The van der Waals surface area contributed by atoms with Gasteiger partial charge in [0.2, 0.25) is 0 Å². The maximum absolute atomic E-state index is 11.6. The van der Waals surface area contributed by atoms with Gasteiger partial charge in [-0.2, -0.15) is 0 Å². The Balaban J connectivity index is 2.71. The van der Waals surface area contributed by atoms with E-state index in [0.29, 0.717) is 22.9 Å². The van der Waals surface area contributed by atoms with Crippen molar-refractivity contribution in [2.24, 2.45) is 0 Å². The summed E-state index contributed by atoms with van der Waals surface area (Å²) in [5, 5.41) is 10.4. The van der Waals surface area contributed by atoms with Crippen LogP contribution in [0.4, 0.5) is 5.69 Å². The van der Waals surface area contributed by atoms with Crippen LogP contribution in [0.15, 0.2) is 29.2 Å². The van der Waals surface area contributed by atoms with Crippen molar-refractivity contribution in [3.05, 3.63) is 34.4 Å². The van der Waals surface area contributed by atoms with Gasteiger partial charge in [0.05, 0.1) is 15.7 Å². The van der Waals surface area contributed by atoms with Gasteiger partial charge in [-0.25, -0.2) is 0 Å². The van der Waals surface area contributed by atoms with Crippen LogP contribution in [0.1, 0.15) is 6.42 Å². The minimum atomic E-state index is -1.11. The van der Waals surface area contributed by atoms with Gasteiger partial charge in [-0.15, -0.1) is 11.6 Å². The fourth-order valence-corrected chi connectivity index (χ4v) is 2.40. The second kappa shape index (κ2) is 5.82. The molecule has 0 aromatic heterocycles. The Morgan fingerprint density at radius 3 is 2.40 bits per heavy atom. The molecule has 82 valence electrons. The zero-order chi connectivity index (χ0) is 11.3. The average molecular weight is 248 g/mol. The van der Waals surface area contributed by atoms with Crippen LogP contribution in [0.25, 0.3) is 0 Å². The van der Waals surface area contributed by atoms with Gasteiger partial charge in [-0.3, -0.25) is 14.3 Å². The van der Waals surface area contributed by atoms with Crippen molar-refractivity contribution in [3.8, 4) is 0 Å². The van der Waals surface area contributed by atoms with E-state index in [2.05, 4.69) is 0 Å². The third-order valence-electron chi connectivity index (χ3n) is 1.77. The molecular weight excluding hydrogens is 238 g/mol. The normalized spacial score (nSPS) is 12.3. The van der Waals surface area contributed by atoms with Crippen molar-refractivity contribution < 1.29 is 9.13 Å². The van der Waals surface area contributed by atoms with Crippen molar-refractivity contribution in [2.75, 3.05) is 11.6 Å². The Hall–Kier alpha value is -0.940. The first kappa shape index (κ1) is 12.1. The molecule has 0 saturated heterocycles. The first-order valence-electron chi connectivity index (χ1n) is 4.34. The van der Waals surface area contributed by atoms with Crippen molar-refractivity contribution in [3.63, 3.8) is 0 Å². The van der Waals surface area contributed by atoms with E-state index in [1.807, 2.05) is 0 Å². The number of hydrogen-bond acceptors (Lipinski definition) is 3. The highest BCUT2D eigenvalue weighted by Crippen LogP contribution is 2.15. The smallest absolute Gasteiger partial charge is 0.258 e. The molecule has 1 unspecified atom stereocenters. The van der Waals surface area contributed by atoms with E-state index >= 15 is 0 Å². The molecule has 0 heterocycles.